The molecule has 1 aromatic carbocycles. The highest BCUT2D eigenvalue weighted by molar-refractivity contribution is 5.76. The maximum absolute atomic E-state index is 13.5. The van der Waals surface area contributed by atoms with Crippen LogP contribution >= 0.6 is 0 Å². The number of methoxy groups -OCH3 is 1. The van der Waals surface area contributed by atoms with Gasteiger partial charge in [-0.15, -0.1) is 0 Å². The number of benzene rings is 1. The zero-order valence-corrected chi connectivity index (χ0v) is 9.35. The summed E-state index contributed by atoms with van der Waals surface area (Å²) in [5.41, 5.74) is 0.657. The molecule has 2 rings (SSSR count). The minimum absolute atomic E-state index is 0.0765. The summed E-state index contributed by atoms with van der Waals surface area (Å²) in [5.74, 6) is -1.44. The van der Waals surface area contributed by atoms with E-state index in [9.17, 15) is 14.3 Å². The summed E-state index contributed by atoms with van der Waals surface area (Å²) in [5, 5.41) is 9.22. The summed E-state index contributed by atoms with van der Waals surface area (Å²) < 4.78 is 23.4. The van der Waals surface area contributed by atoms with Crippen LogP contribution in [0.1, 0.15) is 5.56 Å². The Kier molecular flexibility index (Phi) is 3.28. The minimum Gasteiger partial charge on any atom is -0.475 e. The third-order valence-electron chi connectivity index (χ3n) is 2.87. The van der Waals surface area contributed by atoms with Crippen LogP contribution in [0.3, 0.4) is 0 Å². The second-order valence-electron chi connectivity index (χ2n) is 3.94. The van der Waals surface area contributed by atoms with Crippen molar-refractivity contribution < 1.29 is 23.8 Å². The molecule has 0 aliphatic carbocycles. The molecule has 0 radical (unpaired) electrons. The second-order valence-corrected chi connectivity index (χ2v) is 3.94. The summed E-state index contributed by atoms with van der Waals surface area (Å²) in [4.78, 5) is 11.5. The Morgan fingerprint density at radius 3 is 3.06 bits per heavy atom. The summed E-state index contributed by atoms with van der Waals surface area (Å²) in [6.07, 6.45) is -0.557. The first-order chi connectivity index (χ1) is 8.17. The van der Waals surface area contributed by atoms with E-state index in [1.807, 2.05) is 0 Å². The fraction of sp³-hybridized carbons (Fsp3) is 0.417. The summed E-state index contributed by atoms with van der Waals surface area (Å²) >= 11 is 0. The number of hydrogen-bond donors (Lipinski definition) is 1. The summed E-state index contributed by atoms with van der Waals surface area (Å²) in [6.45, 7) is -0.213. The van der Waals surface area contributed by atoms with E-state index in [0.29, 0.717) is 12.0 Å². The molecule has 1 N–H and O–H groups in total. The second kappa shape index (κ2) is 4.71. The lowest BCUT2D eigenvalue weighted by Gasteiger charge is -2.30. The topological polar surface area (TPSA) is 55.8 Å². The molecule has 0 saturated heterocycles. The standard InChI is InChI=1S/C12H13FO4/c1-16-12(15)11-8(6-14)5-7-3-2-4-9(13)10(7)17-11/h2-4,8,11,14H,5-6H2,1H3/t8-,11+/m1/s1. The number of para-hydroxylation sites is 1. The van der Waals surface area contributed by atoms with Gasteiger partial charge in [0.05, 0.1) is 13.7 Å². The number of rotatable bonds is 2. The van der Waals surface area contributed by atoms with E-state index < -0.39 is 23.8 Å². The van der Waals surface area contributed by atoms with Crippen molar-refractivity contribution in [2.24, 2.45) is 5.92 Å². The molecular formula is C12H13FO4. The molecule has 5 heteroatoms. The van der Waals surface area contributed by atoms with E-state index in [1.165, 1.54) is 13.2 Å². The average Bonchev–Trinajstić information content (AvgIpc) is 2.37. The quantitative estimate of drug-likeness (QED) is 0.781. The van der Waals surface area contributed by atoms with Crippen LogP contribution in [0.25, 0.3) is 0 Å². The van der Waals surface area contributed by atoms with Crippen molar-refractivity contribution in [1.29, 1.82) is 0 Å². The number of carbonyl (C=O) groups excluding carboxylic acids is 1. The number of fused-ring (bicyclic) bond motifs is 1. The van der Waals surface area contributed by atoms with Crippen LogP contribution in [0, 0.1) is 11.7 Å². The number of aliphatic hydroxyl groups is 1. The van der Waals surface area contributed by atoms with E-state index in [0.717, 1.165) is 0 Å². The van der Waals surface area contributed by atoms with Crippen molar-refractivity contribution in [3.05, 3.63) is 29.6 Å². The first-order valence-electron chi connectivity index (χ1n) is 5.30. The van der Waals surface area contributed by atoms with Gasteiger partial charge in [0.15, 0.2) is 11.6 Å². The monoisotopic (exact) mass is 240 g/mol. The van der Waals surface area contributed by atoms with Gasteiger partial charge < -0.3 is 14.6 Å². The maximum Gasteiger partial charge on any atom is 0.347 e. The SMILES string of the molecule is COC(=O)[C@H]1Oc2c(F)cccc2C[C@@H]1CO. The molecule has 92 valence electrons. The van der Waals surface area contributed by atoms with Crippen molar-refractivity contribution in [3.63, 3.8) is 0 Å². The molecule has 1 aliphatic rings. The molecule has 0 spiro atoms. The molecular weight excluding hydrogens is 227 g/mol. The molecule has 0 unspecified atom stereocenters. The third kappa shape index (κ3) is 2.10. The van der Waals surface area contributed by atoms with Crippen LogP contribution in [-0.4, -0.2) is 30.9 Å². The summed E-state index contributed by atoms with van der Waals surface area (Å²) in [6, 6.07) is 4.56. The van der Waals surface area contributed by atoms with Crippen LogP contribution in [-0.2, 0) is 16.0 Å². The van der Waals surface area contributed by atoms with E-state index in [2.05, 4.69) is 4.74 Å². The number of aliphatic hydroxyl groups excluding tert-OH is 1. The Labute approximate surface area is 98.0 Å². The molecule has 2 atom stereocenters. The molecule has 0 amide bonds. The molecule has 1 heterocycles. The predicted molar refractivity (Wildman–Crippen MR) is 57.1 cm³/mol. The van der Waals surface area contributed by atoms with Crippen molar-refractivity contribution in [2.45, 2.75) is 12.5 Å². The first kappa shape index (κ1) is 11.9. The van der Waals surface area contributed by atoms with E-state index in [-0.39, 0.29) is 12.4 Å². The van der Waals surface area contributed by atoms with E-state index in [1.54, 1.807) is 12.1 Å². The summed E-state index contributed by atoms with van der Waals surface area (Å²) in [7, 11) is 1.23. The van der Waals surface area contributed by atoms with Gasteiger partial charge in [-0.2, -0.15) is 0 Å². The van der Waals surface area contributed by atoms with Crippen molar-refractivity contribution in [3.8, 4) is 5.75 Å². The zero-order valence-electron chi connectivity index (χ0n) is 9.35. The number of halogens is 1. The Balaban J connectivity index is 2.34. The molecule has 17 heavy (non-hydrogen) atoms. The molecule has 1 aromatic rings. The van der Waals surface area contributed by atoms with Gasteiger partial charge in [-0.05, 0) is 18.1 Å². The van der Waals surface area contributed by atoms with Gasteiger partial charge in [-0.3, -0.25) is 0 Å². The van der Waals surface area contributed by atoms with Crippen LogP contribution in [0.4, 0.5) is 4.39 Å². The molecule has 0 bridgehead atoms. The predicted octanol–water partition coefficient (Wildman–Crippen LogP) is 0.911. The highest BCUT2D eigenvalue weighted by Gasteiger charge is 2.36. The zero-order chi connectivity index (χ0) is 12.4. The lowest BCUT2D eigenvalue weighted by Crippen LogP contribution is -2.42. The first-order valence-corrected chi connectivity index (χ1v) is 5.30. The van der Waals surface area contributed by atoms with Crippen LogP contribution in [0.5, 0.6) is 5.75 Å². The number of esters is 1. The van der Waals surface area contributed by atoms with E-state index >= 15 is 0 Å². The van der Waals surface area contributed by atoms with Gasteiger partial charge in [0.25, 0.3) is 0 Å². The lowest BCUT2D eigenvalue weighted by molar-refractivity contribution is -0.153. The Morgan fingerprint density at radius 2 is 2.41 bits per heavy atom. The van der Waals surface area contributed by atoms with Gasteiger partial charge >= 0.3 is 5.97 Å². The van der Waals surface area contributed by atoms with E-state index in [4.69, 9.17) is 4.74 Å². The van der Waals surface area contributed by atoms with Crippen molar-refractivity contribution in [2.75, 3.05) is 13.7 Å². The largest absolute Gasteiger partial charge is 0.475 e. The van der Waals surface area contributed by atoms with Gasteiger partial charge in [0.1, 0.15) is 0 Å². The fourth-order valence-corrected chi connectivity index (χ4v) is 1.98. The van der Waals surface area contributed by atoms with Gasteiger partial charge in [-0.25, -0.2) is 9.18 Å². The maximum atomic E-state index is 13.5. The molecule has 0 saturated carbocycles. The van der Waals surface area contributed by atoms with Crippen LogP contribution < -0.4 is 4.74 Å². The molecule has 4 nitrogen and oxygen atoms in total. The molecule has 0 fully saturated rings. The highest BCUT2D eigenvalue weighted by atomic mass is 19.1. The number of hydrogen-bond acceptors (Lipinski definition) is 4. The van der Waals surface area contributed by atoms with Crippen molar-refractivity contribution >= 4 is 5.97 Å². The third-order valence-corrected chi connectivity index (χ3v) is 2.87. The van der Waals surface area contributed by atoms with Gasteiger partial charge in [0, 0.05) is 5.92 Å². The number of ether oxygens (including phenoxy) is 2. The van der Waals surface area contributed by atoms with Crippen molar-refractivity contribution in [1.82, 2.24) is 0 Å². The smallest absolute Gasteiger partial charge is 0.347 e. The number of carbonyl (C=O) groups is 1. The van der Waals surface area contributed by atoms with Crippen LogP contribution in [0.15, 0.2) is 18.2 Å². The van der Waals surface area contributed by atoms with Gasteiger partial charge in [0.2, 0.25) is 6.10 Å². The fourth-order valence-electron chi connectivity index (χ4n) is 1.98. The molecule has 1 aliphatic heterocycles. The van der Waals surface area contributed by atoms with Gasteiger partial charge in [-0.1, -0.05) is 12.1 Å². The average molecular weight is 240 g/mol. The lowest BCUT2D eigenvalue weighted by atomic mass is 9.91. The normalized spacial score (nSPS) is 22.5. The highest BCUT2D eigenvalue weighted by Crippen LogP contribution is 2.33. The molecule has 0 aromatic heterocycles. The Bertz CT molecular complexity index is 433. The Hall–Kier alpha value is -1.62. The Morgan fingerprint density at radius 1 is 1.65 bits per heavy atom. The minimum atomic E-state index is -0.950. The van der Waals surface area contributed by atoms with Crippen LogP contribution in [0.2, 0.25) is 0 Å².